The zero-order valence-electron chi connectivity index (χ0n) is 12.3. The van der Waals surface area contributed by atoms with Gasteiger partial charge in [-0.2, -0.15) is 0 Å². The molecule has 0 aromatic rings. The van der Waals surface area contributed by atoms with Gasteiger partial charge in [0.15, 0.2) is 0 Å². The zero-order valence-corrected chi connectivity index (χ0v) is 12.3. The Balaban J connectivity index is 1.78. The van der Waals surface area contributed by atoms with E-state index >= 15 is 0 Å². The second-order valence-electron chi connectivity index (χ2n) is 6.43. The highest BCUT2D eigenvalue weighted by Gasteiger charge is 2.29. The van der Waals surface area contributed by atoms with Crippen LogP contribution >= 0.6 is 0 Å². The van der Waals surface area contributed by atoms with Crippen LogP contribution in [0.15, 0.2) is 0 Å². The Kier molecular flexibility index (Phi) is 5.46. The highest BCUT2D eigenvalue weighted by molar-refractivity contribution is 4.83. The molecule has 3 nitrogen and oxygen atoms in total. The Labute approximate surface area is 112 Å². The molecule has 0 amide bonds. The van der Waals surface area contributed by atoms with Crippen LogP contribution in [0.3, 0.4) is 0 Å². The average molecular weight is 254 g/mol. The second-order valence-corrected chi connectivity index (χ2v) is 6.43. The first-order chi connectivity index (χ1) is 8.65. The molecule has 3 atom stereocenters. The fourth-order valence-electron chi connectivity index (χ4n) is 3.30. The molecule has 2 saturated heterocycles. The lowest BCUT2D eigenvalue weighted by atomic mass is 9.93. The number of hydrogen-bond acceptors (Lipinski definition) is 3. The normalized spacial score (nSPS) is 35.0. The Hall–Kier alpha value is -0.120. The summed E-state index contributed by atoms with van der Waals surface area (Å²) in [5, 5.41) is 3.60. The van der Waals surface area contributed by atoms with Crippen molar-refractivity contribution in [2.45, 2.75) is 64.6 Å². The number of rotatable bonds is 4. The molecule has 3 unspecified atom stereocenters. The molecule has 0 aromatic carbocycles. The van der Waals surface area contributed by atoms with E-state index in [0.717, 1.165) is 18.6 Å². The minimum absolute atomic E-state index is 0.456. The number of nitrogens with zero attached hydrogens (tertiary/aromatic N) is 1. The third-order valence-electron chi connectivity index (χ3n) is 4.34. The summed E-state index contributed by atoms with van der Waals surface area (Å²) >= 11 is 0. The predicted octanol–water partition coefficient (Wildman–Crippen LogP) is 2.26. The maximum absolute atomic E-state index is 5.67. The summed E-state index contributed by atoms with van der Waals surface area (Å²) in [6.07, 6.45) is 5.68. The monoisotopic (exact) mass is 254 g/mol. The molecule has 0 radical (unpaired) electrons. The molecule has 2 aliphatic heterocycles. The van der Waals surface area contributed by atoms with Crippen molar-refractivity contribution in [3.63, 3.8) is 0 Å². The minimum atomic E-state index is 0.456. The van der Waals surface area contributed by atoms with Crippen LogP contribution in [0.1, 0.15) is 46.5 Å². The molecule has 2 rings (SSSR count). The molecule has 0 aromatic heterocycles. The molecule has 2 heterocycles. The van der Waals surface area contributed by atoms with E-state index in [4.69, 9.17) is 4.74 Å². The Bertz CT molecular complexity index is 245. The van der Waals surface area contributed by atoms with Crippen molar-refractivity contribution in [1.29, 1.82) is 0 Å². The SMILES string of the molecule is CC(C)NCC1CCCN(C2CCOC(C)C2)C1. The van der Waals surface area contributed by atoms with Crippen LogP contribution in [-0.2, 0) is 4.74 Å². The molecule has 0 aliphatic carbocycles. The van der Waals surface area contributed by atoms with Crippen molar-refractivity contribution in [3.8, 4) is 0 Å². The van der Waals surface area contributed by atoms with Gasteiger partial charge in [-0.3, -0.25) is 4.90 Å². The van der Waals surface area contributed by atoms with Gasteiger partial charge in [-0.1, -0.05) is 13.8 Å². The Morgan fingerprint density at radius 2 is 2.17 bits per heavy atom. The molecule has 0 bridgehead atoms. The molecule has 0 spiro atoms. The molecular formula is C15H30N2O. The molecule has 106 valence electrons. The van der Waals surface area contributed by atoms with Crippen molar-refractivity contribution < 1.29 is 4.74 Å². The van der Waals surface area contributed by atoms with Crippen LogP contribution in [0.2, 0.25) is 0 Å². The largest absolute Gasteiger partial charge is 0.378 e. The zero-order chi connectivity index (χ0) is 13.0. The van der Waals surface area contributed by atoms with Crippen molar-refractivity contribution >= 4 is 0 Å². The van der Waals surface area contributed by atoms with Gasteiger partial charge in [-0.25, -0.2) is 0 Å². The van der Waals surface area contributed by atoms with Gasteiger partial charge in [-0.15, -0.1) is 0 Å². The summed E-state index contributed by atoms with van der Waals surface area (Å²) in [6.45, 7) is 11.4. The molecule has 0 saturated carbocycles. The maximum Gasteiger partial charge on any atom is 0.0561 e. The highest BCUT2D eigenvalue weighted by Crippen LogP contribution is 2.24. The quantitative estimate of drug-likeness (QED) is 0.833. The summed E-state index contributed by atoms with van der Waals surface area (Å²) < 4.78 is 5.67. The Morgan fingerprint density at radius 1 is 1.33 bits per heavy atom. The predicted molar refractivity (Wildman–Crippen MR) is 75.9 cm³/mol. The van der Waals surface area contributed by atoms with Gasteiger partial charge in [0.1, 0.15) is 0 Å². The number of nitrogens with one attached hydrogen (secondary N) is 1. The lowest BCUT2D eigenvalue weighted by molar-refractivity contribution is -0.0266. The molecule has 1 N–H and O–H groups in total. The Morgan fingerprint density at radius 3 is 2.89 bits per heavy atom. The van der Waals surface area contributed by atoms with E-state index in [1.807, 2.05) is 0 Å². The summed E-state index contributed by atoms with van der Waals surface area (Å²) in [7, 11) is 0. The van der Waals surface area contributed by atoms with E-state index in [1.165, 1.54) is 45.3 Å². The first-order valence-corrected chi connectivity index (χ1v) is 7.74. The summed E-state index contributed by atoms with van der Waals surface area (Å²) in [5.74, 6) is 0.847. The molecular weight excluding hydrogens is 224 g/mol. The fourth-order valence-corrected chi connectivity index (χ4v) is 3.30. The second kappa shape index (κ2) is 6.88. The molecule has 3 heteroatoms. The van der Waals surface area contributed by atoms with Crippen molar-refractivity contribution in [3.05, 3.63) is 0 Å². The van der Waals surface area contributed by atoms with Crippen LogP contribution in [0.4, 0.5) is 0 Å². The van der Waals surface area contributed by atoms with E-state index < -0.39 is 0 Å². The van der Waals surface area contributed by atoms with Crippen molar-refractivity contribution in [2.24, 2.45) is 5.92 Å². The van der Waals surface area contributed by atoms with E-state index in [9.17, 15) is 0 Å². The minimum Gasteiger partial charge on any atom is -0.378 e. The van der Waals surface area contributed by atoms with Gasteiger partial charge < -0.3 is 10.1 Å². The van der Waals surface area contributed by atoms with Gasteiger partial charge in [0, 0.05) is 25.2 Å². The summed E-state index contributed by atoms with van der Waals surface area (Å²) in [6, 6.07) is 1.39. The van der Waals surface area contributed by atoms with Crippen LogP contribution in [0.25, 0.3) is 0 Å². The standard InChI is InChI=1S/C15H30N2O/c1-12(2)16-10-14-5-4-7-17(11-14)15-6-8-18-13(3)9-15/h12-16H,4-11H2,1-3H3. The van der Waals surface area contributed by atoms with Crippen molar-refractivity contribution in [1.82, 2.24) is 10.2 Å². The average Bonchev–Trinajstić information content (AvgIpc) is 2.37. The van der Waals surface area contributed by atoms with E-state index in [1.54, 1.807) is 0 Å². The van der Waals surface area contributed by atoms with Gasteiger partial charge in [0.25, 0.3) is 0 Å². The van der Waals surface area contributed by atoms with Crippen LogP contribution in [-0.4, -0.2) is 49.3 Å². The first-order valence-electron chi connectivity index (χ1n) is 7.74. The number of hydrogen-bond donors (Lipinski definition) is 1. The topological polar surface area (TPSA) is 24.5 Å². The first kappa shape index (κ1) is 14.3. The lowest BCUT2D eigenvalue weighted by Gasteiger charge is -2.41. The third kappa shape index (κ3) is 4.22. The number of piperidine rings is 1. The fraction of sp³-hybridized carbons (Fsp3) is 1.00. The smallest absolute Gasteiger partial charge is 0.0561 e. The van der Waals surface area contributed by atoms with E-state index in [0.29, 0.717) is 12.1 Å². The molecule has 2 aliphatic rings. The maximum atomic E-state index is 5.67. The molecule has 18 heavy (non-hydrogen) atoms. The number of ether oxygens (including phenoxy) is 1. The van der Waals surface area contributed by atoms with E-state index in [-0.39, 0.29) is 0 Å². The van der Waals surface area contributed by atoms with Crippen molar-refractivity contribution in [2.75, 3.05) is 26.2 Å². The number of likely N-dealkylation sites (tertiary alicyclic amines) is 1. The summed E-state index contributed by atoms with van der Waals surface area (Å²) in [5.41, 5.74) is 0. The van der Waals surface area contributed by atoms with Crippen LogP contribution in [0, 0.1) is 5.92 Å². The van der Waals surface area contributed by atoms with Gasteiger partial charge >= 0.3 is 0 Å². The highest BCUT2D eigenvalue weighted by atomic mass is 16.5. The van der Waals surface area contributed by atoms with Gasteiger partial charge in [-0.05, 0) is 51.6 Å². The van der Waals surface area contributed by atoms with Gasteiger partial charge in [0.05, 0.1) is 6.10 Å². The van der Waals surface area contributed by atoms with Crippen LogP contribution in [0.5, 0.6) is 0 Å². The lowest BCUT2D eigenvalue weighted by Crippen LogP contribution is -2.48. The van der Waals surface area contributed by atoms with E-state index in [2.05, 4.69) is 31.0 Å². The third-order valence-corrected chi connectivity index (χ3v) is 4.34. The van der Waals surface area contributed by atoms with Gasteiger partial charge in [0.2, 0.25) is 0 Å². The molecule has 2 fully saturated rings. The summed E-state index contributed by atoms with van der Waals surface area (Å²) in [4.78, 5) is 2.73. The van der Waals surface area contributed by atoms with Crippen LogP contribution < -0.4 is 5.32 Å².